The maximum atomic E-state index is 12.5. The summed E-state index contributed by atoms with van der Waals surface area (Å²) in [6, 6.07) is 7.62. The third-order valence-corrected chi connectivity index (χ3v) is 4.65. The Kier molecular flexibility index (Phi) is 4.20. The monoisotopic (exact) mass is 349 g/mol. The summed E-state index contributed by atoms with van der Waals surface area (Å²) in [7, 11) is 0. The molecule has 0 bridgehead atoms. The summed E-state index contributed by atoms with van der Waals surface area (Å²) in [5.74, 6) is 0.853. The van der Waals surface area contributed by atoms with E-state index in [0.29, 0.717) is 17.4 Å². The van der Waals surface area contributed by atoms with Gasteiger partial charge in [-0.15, -0.1) is 0 Å². The molecule has 1 fully saturated rings. The molecular weight excluding hydrogens is 330 g/mol. The van der Waals surface area contributed by atoms with Gasteiger partial charge in [0.2, 0.25) is 11.8 Å². The van der Waals surface area contributed by atoms with E-state index in [4.69, 9.17) is 4.52 Å². The third kappa shape index (κ3) is 3.20. The molecule has 26 heavy (non-hydrogen) atoms. The van der Waals surface area contributed by atoms with Crippen LogP contribution in [0.4, 0.5) is 0 Å². The van der Waals surface area contributed by atoms with Gasteiger partial charge in [-0.25, -0.2) is 4.98 Å². The number of carbonyl (C=O) groups excluding carboxylic acids is 1. The Labute approximate surface area is 150 Å². The van der Waals surface area contributed by atoms with E-state index in [1.54, 1.807) is 19.2 Å². The Morgan fingerprint density at radius 3 is 2.69 bits per heavy atom. The lowest BCUT2D eigenvalue weighted by Crippen LogP contribution is -2.44. The van der Waals surface area contributed by atoms with Crippen molar-refractivity contribution in [2.45, 2.75) is 38.1 Å². The van der Waals surface area contributed by atoms with Crippen molar-refractivity contribution in [2.24, 2.45) is 0 Å². The first-order valence-corrected chi connectivity index (χ1v) is 8.67. The van der Waals surface area contributed by atoms with Gasteiger partial charge in [-0.2, -0.15) is 4.98 Å². The molecule has 1 aliphatic carbocycles. The van der Waals surface area contributed by atoms with Crippen LogP contribution in [-0.2, 0) is 10.3 Å². The third-order valence-electron chi connectivity index (χ3n) is 4.65. The zero-order valence-electron chi connectivity index (χ0n) is 14.5. The average molecular weight is 349 g/mol. The molecule has 2 heterocycles. The quantitative estimate of drug-likeness (QED) is 0.728. The van der Waals surface area contributed by atoms with E-state index in [1.165, 1.54) is 6.08 Å². The lowest BCUT2D eigenvalue weighted by molar-refractivity contribution is -0.118. The summed E-state index contributed by atoms with van der Waals surface area (Å²) in [5, 5.41) is 7.10. The Morgan fingerprint density at radius 1 is 1.19 bits per heavy atom. The van der Waals surface area contributed by atoms with E-state index < -0.39 is 5.54 Å². The molecule has 1 saturated carbocycles. The Hall–Kier alpha value is -3.09. The average Bonchev–Trinajstić information content (AvgIpc) is 3.30. The number of para-hydroxylation sites is 2. The van der Waals surface area contributed by atoms with Gasteiger partial charge < -0.3 is 9.84 Å². The van der Waals surface area contributed by atoms with Crippen molar-refractivity contribution >= 4 is 23.0 Å². The molecule has 0 spiro atoms. The highest BCUT2D eigenvalue weighted by molar-refractivity contribution is 5.92. The summed E-state index contributed by atoms with van der Waals surface area (Å²) in [6.07, 6.45) is 8.45. The van der Waals surface area contributed by atoms with E-state index in [9.17, 15) is 4.79 Å². The number of fused-ring (bicyclic) bond motifs is 1. The molecule has 7 nitrogen and oxygen atoms in total. The standard InChI is InChI=1S/C19H19N5O2/c1-13-21-18(24-26-13)19(10-4-5-11-19)23-17(25)9-8-14-12-20-15-6-2-3-7-16(15)22-14/h2-3,6-9,12H,4-5,10-11H2,1H3,(H,23,25)/b9-8+. The highest BCUT2D eigenvalue weighted by Crippen LogP contribution is 2.37. The number of hydrogen-bond donors (Lipinski definition) is 1. The molecule has 1 amide bonds. The van der Waals surface area contributed by atoms with Crippen LogP contribution < -0.4 is 5.32 Å². The van der Waals surface area contributed by atoms with Crippen LogP contribution in [0.5, 0.6) is 0 Å². The number of aryl methyl sites for hydroxylation is 1. The molecule has 0 saturated heterocycles. The Balaban J connectivity index is 1.52. The van der Waals surface area contributed by atoms with Crippen LogP contribution in [0.3, 0.4) is 0 Å². The molecule has 1 aromatic carbocycles. The van der Waals surface area contributed by atoms with Gasteiger partial charge in [0, 0.05) is 13.0 Å². The first-order chi connectivity index (χ1) is 12.6. The van der Waals surface area contributed by atoms with E-state index >= 15 is 0 Å². The minimum atomic E-state index is -0.547. The van der Waals surface area contributed by atoms with Gasteiger partial charge in [-0.05, 0) is 31.1 Å². The zero-order chi connectivity index (χ0) is 18.0. The molecule has 3 aromatic rings. The molecular formula is C19H19N5O2. The number of benzene rings is 1. The molecule has 2 aromatic heterocycles. The Bertz CT molecular complexity index is 973. The van der Waals surface area contributed by atoms with Crippen molar-refractivity contribution in [3.05, 3.63) is 53.9 Å². The fourth-order valence-electron chi connectivity index (χ4n) is 3.37. The number of hydrogen-bond acceptors (Lipinski definition) is 6. The van der Waals surface area contributed by atoms with E-state index in [2.05, 4.69) is 25.4 Å². The second-order valence-corrected chi connectivity index (χ2v) is 6.53. The van der Waals surface area contributed by atoms with Gasteiger partial charge in [0.25, 0.3) is 0 Å². The van der Waals surface area contributed by atoms with E-state index in [-0.39, 0.29) is 5.91 Å². The van der Waals surface area contributed by atoms with Crippen LogP contribution in [-0.4, -0.2) is 26.0 Å². The lowest BCUT2D eigenvalue weighted by atomic mass is 9.96. The van der Waals surface area contributed by atoms with Crippen LogP contribution in [0, 0.1) is 6.92 Å². The summed E-state index contributed by atoms with van der Waals surface area (Å²) >= 11 is 0. The maximum Gasteiger partial charge on any atom is 0.244 e. The van der Waals surface area contributed by atoms with Crippen LogP contribution >= 0.6 is 0 Å². The molecule has 1 aliphatic rings. The van der Waals surface area contributed by atoms with Crippen LogP contribution in [0.15, 0.2) is 41.1 Å². The van der Waals surface area contributed by atoms with Crippen LogP contribution in [0.1, 0.15) is 43.1 Å². The number of nitrogens with one attached hydrogen (secondary N) is 1. The van der Waals surface area contributed by atoms with Crippen molar-refractivity contribution in [1.82, 2.24) is 25.4 Å². The SMILES string of the molecule is Cc1nc(C2(NC(=O)/C=C/c3cnc4ccccc4n3)CCCC2)no1. The fraction of sp³-hybridized carbons (Fsp3) is 0.316. The van der Waals surface area contributed by atoms with Crippen molar-refractivity contribution in [1.29, 1.82) is 0 Å². The first-order valence-electron chi connectivity index (χ1n) is 8.67. The summed E-state index contributed by atoms with van der Waals surface area (Å²) in [4.78, 5) is 25.7. The minimum absolute atomic E-state index is 0.204. The molecule has 0 unspecified atom stereocenters. The first kappa shape index (κ1) is 16.4. The van der Waals surface area contributed by atoms with Crippen LogP contribution in [0.25, 0.3) is 17.1 Å². The number of carbonyl (C=O) groups is 1. The normalized spacial score (nSPS) is 16.3. The molecule has 0 atom stereocenters. The number of rotatable bonds is 4. The largest absolute Gasteiger partial charge is 0.340 e. The summed E-state index contributed by atoms with van der Waals surface area (Å²) in [5.41, 5.74) is 1.71. The van der Waals surface area contributed by atoms with Gasteiger partial charge in [-0.3, -0.25) is 9.78 Å². The van der Waals surface area contributed by atoms with Crippen molar-refractivity contribution in [3.63, 3.8) is 0 Å². The van der Waals surface area contributed by atoms with Gasteiger partial charge >= 0.3 is 0 Å². The number of aromatic nitrogens is 4. The lowest BCUT2D eigenvalue weighted by Gasteiger charge is -2.25. The van der Waals surface area contributed by atoms with Gasteiger partial charge in [0.05, 0.1) is 22.9 Å². The van der Waals surface area contributed by atoms with Crippen molar-refractivity contribution < 1.29 is 9.32 Å². The second-order valence-electron chi connectivity index (χ2n) is 6.53. The molecule has 0 aliphatic heterocycles. The Morgan fingerprint density at radius 2 is 1.96 bits per heavy atom. The highest BCUT2D eigenvalue weighted by atomic mass is 16.5. The smallest absolute Gasteiger partial charge is 0.244 e. The topological polar surface area (TPSA) is 93.8 Å². The highest BCUT2D eigenvalue weighted by Gasteiger charge is 2.40. The van der Waals surface area contributed by atoms with Gasteiger partial charge in [0.1, 0.15) is 5.54 Å². The molecule has 1 N–H and O–H groups in total. The van der Waals surface area contributed by atoms with Gasteiger partial charge in [-0.1, -0.05) is 30.1 Å². The van der Waals surface area contributed by atoms with Crippen molar-refractivity contribution in [2.75, 3.05) is 0 Å². The second kappa shape index (κ2) is 6.67. The predicted molar refractivity (Wildman–Crippen MR) is 95.9 cm³/mol. The van der Waals surface area contributed by atoms with Crippen molar-refractivity contribution in [3.8, 4) is 0 Å². The van der Waals surface area contributed by atoms with E-state index in [1.807, 2.05) is 24.3 Å². The van der Waals surface area contributed by atoms with E-state index in [0.717, 1.165) is 36.7 Å². The van der Waals surface area contributed by atoms with Gasteiger partial charge in [0.15, 0.2) is 5.82 Å². The molecule has 132 valence electrons. The van der Waals surface area contributed by atoms with Crippen LogP contribution in [0.2, 0.25) is 0 Å². The number of nitrogens with zero attached hydrogens (tertiary/aromatic N) is 4. The summed E-state index contributed by atoms with van der Waals surface area (Å²) < 4.78 is 5.11. The minimum Gasteiger partial charge on any atom is -0.340 e. The summed E-state index contributed by atoms with van der Waals surface area (Å²) in [6.45, 7) is 1.75. The predicted octanol–water partition coefficient (Wildman–Crippen LogP) is 2.92. The molecule has 4 rings (SSSR count). The fourth-order valence-corrected chi connectivity index (χ4v) is 3.37. The molecule has 0 radical (unpaired) electrons. The number of amides is 1. The molecule has 7 heteroatoms. The maximum absolute atomic E-state index is 12.5. The zero-order valence-corrected chi connectivity index (χ0v) is 14.5.